The number of para-hydroxylation sites is 4. The Bertz CT molecular complexity index is 2620. The van der Waals surface area contributed by atoms with Crippen molar-refractivity contribution in [2.24, 2.45) is 0 Å². The van der Waals surface area contributed by atoms with Crippen LogP contribution in [0.2, 0.25) is 0 Å². The van der Waals surface area contributed by atoms with Gasteiger partial charge in [0.25, 0.3) is 0 Å². The first-order chi connectivity index (χ1) is 25.2. The predicted octanol–water partition coefficient (Wildman–Crippen LogP) is 11.0. The second-order valence-electron chi connectivity index (χ2n) is 13.7. The highest BCUT2D eigenvalue weighted by Gasteiger charge is 2.16. The van der Waals surface area contributed by atoms with Gasteiger partial charge in [-0.25, -0.2) is 0 Å². The van der Waals surface area contributed by atoms with Crippen molar-refractivity contribution in [3.05, 3.63) is 174 Å². The van der Waals surface area contributed by atoms with E-state index in [9.17, 15) is 5.11 Å². The molecule has 7 aromatic carbocycles. The molecule has 0 unspecified atom stereocenters. The van der Waals surface area contributed by atoms with Crippen molar-refractivity contribution in [3.8, 4) is 5.69 Å². The summed E-state index contributed by atoms with van der Waals surface area (Å²) in [5.74, 6) is 0. The Labute approximate surface area is 296 Å². The van der Waals surface area contributed by atoms with Crippen LogP contribution in [0.4, 0.5) is 0 Å². The maximum absolute atomic E-state index is 9.73. The summed E-state index contributed by atoms with van der Waals surface area (Å²) in [6.07, 6.45) is 1.87. The van der Waals surface area contributed by atoms with Crippen LogP contribution in [-0.4, -0.2) is 18.8 Å². The minimum Gasteiger partial charge on any atom is -0.392 e. The van der Waals surface area contributed by atoms with Crippen molar-refractivity contribution in [2.75, 3.05) is 0 Å². The Morgan fingerprint density at radius 2 is 0.725 bits per heavy atom. The number of hydrogen-bond donors (Lipinski definition) is 1. The van der Waals surface area contributed by atoms with Crippen LogP contribution in [0.15, 0.2) is 158 Å². The minimum absolute atomic E-state index is 0.0398. The van der Waals surface area contributed by atoms with E-state index in [-0.39, 0.29) is 6.61 Å². The maximum atomic E-state index is 9.73. The Kier molecular flexibility index (Phi) is 7.03. The molecule has 0 aliphatic carbocycles. The molecule has 10 rings (SSSR count). The summed E-state index contributed by atoms with van der Waals surface area (Å²) in [4.78, 5) is 0. The van der Waals surface area contributed by atoms with E-state index >= 15 is 0 Å². The van der Waals surface area contributed by atoms with Crippen molar-refractivity contribution in [1.29, 1.82) is 0 Å². The third kappa shape index (κ3) is 4.86. The van der Waals surface area contributed by atoms with Gasteiger partial charge in [0.15, 0.2) is 0 Å². The van der Waals surface area contributed by atoms with Gasteiger partial charge in [-0.1, -0.05) is 97.1 Å². The molecule has 0 radical (unpaired) electrons. The highest BCUT2D eigenvalue weighted by molar-refractivity contribution is 6.10. The topological polar surface area (TPSA) is 35.0 Å². The summed E-state index contributed by atoms with van der Waals surface area (Å²) in [5, 5.41) is 17.5. The van der Waals surface area contributed by atoms with Gasteiger partial charge in [-0.3, -0.25) is 0 Å². The van der Waals surface area contributed by atoms with E-state index in [4.69, 9.17) is 0 Å². The summed E-state index contributed by atoms with van der Waals surface area (Å²) in [6.45, 7) is 1.85. The van der Waals surface area contributed by atoms with Crippen LogP contribution in [0.1, 0.15) is 16.7 Å². The quantitative estimate of drug-likeness (QED) is 0.173. The molecule has 0 fully saturated rings. The molecule has 4 heteroatoms. The molecule has 0 spiro atoms. The Morgan fingerprint density at radius 3 is 1.12 bits per heavy atom. The summed E-state index contributed by atoms with van der Waals surface area (Å²) >= 11 is 0. The molecule has 0 saturated carbocycles. The van der Waals surface area contributed by atoms with Gasteiger partial charge >= 0.3 is 0 Å². The Balaban J connectivity index is 1.06. The third-order valence-electron chi connectivity index (χ3n) is 10.9. The number of aliphatic hydroxyl groups is 1. The Hall–Kier alpha value is -6.10. The third-order valence-corrected chi connectivity index (χ3v) is 10.9. The number of rotatable bonds is 8. The summed E-state index contributed by atoms with van der Waals surface area (Å²) in [7, 11) is 0. The molecule has 0 atom stereocenters. The van der Waals surface area contributed by atoms with Crippen LogP contribution in [-0.2, 0) is 32.5 Å². The molecular weight excluding hydrogens is 623 g/mol. The zero-order valence-electron chi connectivity index (χ0n) is 28.3. The molecule has 10 aromatic rings. The van der Waals surface area contributed by atoms with Gasteiger partial charge in [-0.15, -0.1) is 0 Å². The van der Waals surface area contributed by atoms with Gasteiger partial charge in [0, 0.05) is 73.2 Å². The van der Waals surface area contributed by atoms with E-state index in [1.54, 1.807) is 0 Å². The van der Waals surface area contributed by atoms with Gasteiger partial charge in [0.05, 0.1) is 17.6 Å². The molecular formula is C47H37N3O. The molecule has 0 aliphatic rings. The normalized spacial score (nSPS) is 12.0. The fraction of sp³-hybridized carbons (Fsp3) is 0.106. The Morgan fingerprint density at radius 1 is 0.353 bits per heavy atom. The van der Waals surface area contributed by atoms with Crippen molar-refractivity contribution < 1.29 is 5.11 Å². The number of fused-ring (bicyclic) bond motifs is 9. The summed E-state index contributed by atoms with van der Waals surface area (Å²) < 4.78 is 7.33. The van der Waals surface area contributed by atoms with Crippen LogP contribution in [0.5, 0.6) is 0 Å². The van der Waals surface area contributed by atoms with Gasteiger partial charge in [0.2, 0.25) is 0 Å². The second-order valence-corrected chi connectivity index (χ2v) is 13.7. The molecule has 4 nitrogen and oxygen atoms in total. The second kappa shape index (κ2) is 12.0. The number of aryl methyl sites for hydroxylation is 4. The lowest BCUT2D eigenvalue weighted by Crippen LogP contribution is -2.01. The van der Waals surface area contributed by atoms with Crippen molar-refractivity contribution in [3.63, 3.8) is 0 Å². The number of nitrogens with zero attached hydrogens (tertiary/aromatic N) is 3. The molecule has 3 aromatic heterocycles. The molecule has 1 N–H and O–H groups in total. The first-order valence-electron chi connectivity index (χ1n) is 17.9. The summed E-state index contributed by atoms with van der Waals surface area (Å²) in [5.41, 5.74) is 12.2. The van der Waals surface area contributed by atoms with Crippen LogP contribution < -0.4 is 0 Å². The minimum atomic E-state index is 0.0398. The zero-order chi connectivity index (χ0) is 33.9. The van der Waals surface area contributed by atoms with E-state index in [0.29, 0.717) is 0 Å². The number of benzene rings is 7. The van der Waals surface area contributed by atoms with Gasteiger partial charge < -0.3 is 18.8 Å². The highest BCUT2D eigenvalue weighted by Crippen LogP contribution is 2.35. The van der Waals surface area contributed by atoms with Crippen LogP contribution in [0, 0.1) is 0 Å². The van der Waals surface area contributed by atoms with Crippen LogP contribution in [0.25, 0.3) is 71.1 Å². The molecule has 246 valence electrons. The zero-order valence-corrected chi connectivity index (χ0v) is 28.3. The maximum Gasteiger partial charge on any atom is 0.0681 e. The molecule has 0 aliphatic heterocycles. The molecule has 3 heterocycles. The van der Waals surface area contributed by atoms with Crippen LogP contribution >= 0.6 is 0 Å². The summed E-state index contributed by atoms with van der Waals surface area (Å²) in [6, 6.07) is 57.4. The highest BCUT2D eigenvalue weighted by atomic mass is 16.3. The van der Waals surface area contributed by atoms with E-state index in [0.717, 1.165) is 37.2 Å². The number of hydrogen-bond acceptors (Lipinski definition) is 1. The molecule has 51 heavy (non-hydrogen) atoms. The fourth-order valence-electron chi connectivity index (χ4n) is 8.43. The van der Waals surface area contributed by atoms with E-state index in [2.05, 4.69) is 159 Å². The lowest BCUT2D eigenvalue weighted by Gasteiger charge is -2.10. The van der Waals surface area contributed by atoms with Gasteiger partial charge in [0.1, 0.15) is 0 Å². The SMILES string of the molecule is OCc1ccc(-n2c3ccc(CCn4c5ccccc5c5ccccc54)cc3c3cc(CCn4c5ccccc5c5ccccc54)ccc32)cc1. The van der Waals surface area contributed by atoms with Crippen LogP contribution in [0.3, 0.4) is 0 Å². The fourth-order valence-corrected chi connectivity index (χ4v) is 8.43. The van der Waals surface area contributed by atoms with E-state index in [1.807, 2.05) is 12.1 Å². The van der Waals surface area contributed by atoms with Crippen molar-refractivity contribution in [1.82, 2.24) is 13.7 Å². The molecule has 0 bridgehead atoms. The van der Waals surface area contributed by atoms with Gasteiger partial charge in [-0.05, 0) is 90.2 Å². The average Bonchev–Trinajstić information content (AvgIpc) is 3.81. The smallest absolute Gasteiger partial charge is 0.0681 e. The number of aliphatic hydroxyl groups excluding tert-OH is 1. The first-order valence-corrected chi connectivity index (χ1v) is 17.9. The largest absolute Gasteiger partial charge is 0.392 e. The van der Waals surface area contributed by atoms with Crippen molar-refractivity contribution >= 4 is 65.4 Å². The predicted molar refractivity (Wildman–Crippen MR) is 213 cm³/mol. The monoisotopic (exact) mass is 659 g/mol. The van der Waals surface area contributed by atoms with E-state index in [1.165, 1.54) is 76.5 Å². The molecule has 0 amide bonds. The van der Waals surface area contributed by atoms with Crippen molar-refractivity contribution in [2.45, 2.75) is 32.5 Å². The number of aromatic nitrogens is 3. The first kappa shape index (κ1) is 29.8. The van der Waals surface area contributed by atoms with E-state index < -0.39 is 0 Å². The standard InChI is InChI=1S/C47H37N3O/c51-31-34-17-21-35(22-18-34)50-46-23-19-32(25-27-48-42-13-5-1-9-36(42)37-10-2-6-14-43(37)48)29-40(46)41-30-33(20-24-47(41)50)26-28-49-44-15-7-3-11-38(44)39-12-4-8-16-45(39)49/h1-24,29-30,51H,25-28,31H2. The molecule has 0 saturated heterocycles. The lowest BCUT2D eigenvalue weighted by atomic mass is 10.0. The lowest BCUT2D eigenvalue weighted by molar-refractivity contribution is 0.282. The van der Waals surface area contributed by atoms with Gasteiger partial charge in [-0.2, -0.15) is 0 Å². The average molecular weight is 660 g/mol.